The smallest absolute Gasteiger partial charge is 0.299 e. The molecular weight excluding hydrogens is 232 g/mol. The van der Waals surface area contributed by atoms with Crippen molar-refractivity contribution in [3.63, 3.8) is 0 Å². The minimum absolute atomic E-state index is 0.244. The van der Waals surface area contributed by atoms with Gasteiger partial charge in [-0.05, 0) is 13.3 Å². The highest BCUT2D eigenvalue weighted by Gasteiger charge is 2.27. The largest absolute Gasteiger partial charge is 0.338 e. The molecule has 0 amide bonds. The van der Waals surface area contributed by atoms with Crippen molar-refractivity contribution in [2.45, 2.75) is 20.3 Å². The SMILES string of the molecule is CCCOS(=O)(=O)N1CCN(OCC)CC1. The molecule has 0 saturated carbocycles. The van der Waals surface area contributed by atoms with Crippen LogP contribution < -0.4 is 0 Å². The summed E-state index contributed by atoms with van der Waals surface area (Å²) < 4.78 is 29.5. The Balaban J connectivity index is 2.40. The quantitative estimate of drug-likeness (QED) is 0.677. The van der Waals surface area contributed by atoms with E-state index in [1.165, 1.54) is 4.31 Å². The molecule has 0 spiro atoms. The van der Waals surface area contributed by atoms with Gasteiger partial charge in [-0.1, -0.05) is 6.92 Å². The van der Waals surface area contributed by atoms with E-state index < -0.39 is 10.3 Å². The van der Waals surface area contributed by atoms with Gasteiger partial charge in [-0.2, -0.15) is 17.8 Å². The van der Waals surface area contributed by atoms with Crippen LogP contribution in [0.15, 0.2) is 0 Å². The van der Waals surface area contributed by atoms with E-state index in [4.69, 9.17) is 9.02 Å². The molecule has 1 rings (SSSR count). The third-order valence-electron chi connectivity index (χ3n) is 2.26. The summed E-state index contributed by atoms with van der Waals surface area (Å²) >= 11 is 0. The summed E-state index contributed by atoms with van der Waals surface area (Å²) in [5.41, 5.74) is 0. The van der Waals surface area contributed by atoms with Crippen molar-refractivity contribution in [3.05, 3.63) is 0 Å². The first-order valence-corrected chi connectivity index (χ1v) is 6.99. The van der Waals surface area contributed by atoms with Gasteiger partial charge in [0.25, 0.3) is 0 Å². The van der Waals surface area contributed by atoms with Gasteiger partial charge in [-0.3, -0.25) is 9.02 Å². The Hall–Kier alpha value is -0.210. The molecule has 0 N–H and O–H groups in total. The van der Waals surface area contributed by atoms with Gasteiger partial charge in [-0.15, -0.1) is 0 Å². The lowest BCUT2D eigenvalue weighted by molar-refractivity contribution is -0.167. The molecule has 0 aromatic carbocycles. The summed E-state index contributed by atoms with van der Waals surface area (Å²) in [4.78, 5) is 5.30. The normalized spacial score (nSPS) is 20.1. The summed E-state index contributed by atoms with van der Waals surface area (Å²) in [7, 11) is -3.53. The van der Waals surface area contributed by atoms with Gasteiger partial charge < -0.3 is 0 Å². The zero-order valence-electron chi connectivity index (χ0n) is 9.89. The van der Waals surface area contributed by atoms with Crippen molar-refractivity contribution >= 4 is 10.3 Å². The van der Waals surface area contributed by atoms with Crippen molar-refractivity contribution in [1.82, 2.24) is 9.37 Å². The van der Waals surface area contributed by atoms with Crippen LogP contribution in [-0.2, 0) is 19.3 Å². The summed E-state index contributed by atoms with van der Waals surface area (Å²) in [6.45, 7) is 6.66. The highest BCUT2D eigenvalue weighted by Crippen LogP contribution is 2.09. The van der Waals surface area contributed by atoms with Crippen LogP contribution in [0.25, 0.3) is 0 Å². The standard InChI is InChI=1S/C9H20N2O4S/c1-3-9-15-16(12,13)11-7-5-10(6-8-11)14-4-2/h3-9H2,1-2H3. The molecule has 0 unspecified atom stereocenters. The lowest BCUT2D eigenvalue weighted by atomic mass is 10.4. The molecule has 0 aliphatic carbocycles. The Morgan fingerprint density at radius 1 is 1.12 bits per heavy atom. The third-order valence-corrected chi connectivity index (χ3v) is 3.72. The van der Waals surface area contributed by atoms with Crippen LogP contribution in [0.4, 0.5) is 0 Å². The first-order valence-electron chi connectivity index (χ1n) is 5.62. The minimum Gasteiger partial charge on any atom is -0.299 e. The van der Waals surface area contributed by atoms with Crippen LogP contribution in [0.2, 0.25) is 0 Å². The predicted molar refractivity (Wildman–Crippen MR) is 59.9 cm³/mol. The third kappa shape index (κ3) is 3.99. The zero-order chi connectivity index (χ0) is 12.0. The molecule has 0 radical (unpaired) electrons. The average Bonchev–Trinajstić information content (AvgIpc) is 2.28. The van der Waals surface area contributed by atoms with E-state index in [9.17, 15) is 8.42 Å². The van der Waals surface area contributed by atoms with Crippen molar-refractivity contribution in [3.8, 4) is 0 Å². The molecule has 1 aliphatic heterocycles. The maximum atomic E-state index is 11.7. The molecule has 0 atom stereocenters. The zero-order valence-corrected chi connectivity index (χ0v) is 10.7. The van der Waals surface area contributed by atoms with Gasteiger partial charge in [0.2, 0.25) is 0 Å². The number of nitrogens with zero attached hydrogens (tertiary/aromatic N) is 2. The van der Waals surface area contributed by atoms with Crippen LogP contribution in [0.1, 0.15) is 20.3 Å². The van der Waals surface area contributed by atoms with Gasteiger partial charge >= 0.3 is 10.3 Å². The topological polar surface area (TPSA) is 59.1 Å². The minimum atomic E-state index is -3.53. The van der Waals surface area contributed by atoms with Gasteiger partial charge in [-0.25, -0.2) is 0 Å². The number of piperazine rings is 1. The number of hydrogen-bond donors (Lipinski definition) is 0. The summed E-state index contributed by atoms with van der Waals surface area (Å²) in [6, 6.07) is 0. The maximum Gasteiger partial charge on any atom is 0.338 e. The number of hydroxylamine groups is 2. The Kier molecular flexibility index (Phi) is 5.63. The van der Waals surface area contributed by atoms with Gasteiger partial charge in [0.05, 0.1) is 13.2 Å². The Morgan fingerprint density at radius 3 is 2.25 bits per heavy atom. The average molecular weight is 252 g/mol. The molecule has 7 heteroatoms. The molecule has 6 nitrogen and oxygen atoms in total. The fourth-order valence-electron chi connectivity index (χ4n) is 1.47. The fourth-order valence-corrected chi connectivity index (χ4v) is 2.61. The first-order chi connectivity index (χ1) is 7.60. The highest BCUT2D eigenvalue weighted by molar-refractivity contribution is 7.84. The summed E-state index contributed by atoms with van der Waals surface area (Å²) in [5, 5.41) is 1.78. The lowest BCUT2D eigenvalue weighted by Crippen LogP contribution is -2.48. The maximum absolute atomic E-state index is 11.7. The fraction of sp³-hybridized carbons (Fsp3) is 1.00. The molecule has 1 saturated heterocycles. The summed E-state index contributed by atoms with van der Waals surface area (Å²) in [6.07, 6.45) is 0.693. The summed E-state index contributed by atoms with van der Waals surface area (Å²) in [5.74, 6) is 0. The second-order valence-corrected chi connectivity index (χ2v) is 5.13. The van der Waals surface area contributed by atoms with Crippen LogP contribution in [-0.4, -0.2) is 57.2 Å². The number of hydrogen-bond acceptors (Lipinski definition) is 5. The van der Waals surface area contributed by atoms with Crippen LogP contribution in [0.5, 0.6) is 0 Å². The number of rotatable bonds is 6. The van der Waals surface area contributed by atoms with Crippen LogP contribution in [0.3, 0.4) is 0 Å². The Bertz CT molecular complexity index is 286. The van der Waals surface area contributed by atoms with Gasteiger partial charge in [0.1, 0.15) is 0 Å². The second kappa shape index (κ2) is 6.51. The van der Waals surface area contributed by atoms with Crippen molar-refractivity contribution in [1.29, 1.82) is 0 Å². The van der Waals surface area contributed by atoms with Gasteiger partial charge in [0.15, 0.2) is 0 Å². The van der Waals surface area contributed by atoms with Crippen molar-refractivity contribution < 1.29 is 17.4 Å². The Labute approximate surface area is 97.3 Å². The first kappa shape index (κ1) is 13.9. The Morgan fingerprint density at radius 2 is 1.75 bits per heavy atom. The molecule has 1 heterocycles. The molecule has 1 aliphatic rings. The van der Waals surface area contributed by atoms with E-state index in [1.54, 1.807) is 5.06 Å². The molecule has 0 bridgehead atoms. The lowest BCUT2D eigenvalue weighted by Gasteiger charge is -2.32. The highest BCUT2D eigenvalue weighted by atomic mass is 32.2. The molecule has 16 heavy (non-hydrogen) atoms. The molecule has 0 aromatic heterocycles. The molecule has 0 aromatic rings. The van der Waals surface area contributed by atoms with E-state index in [0.717, 1.165) is 0 Å². The van der Waals surface area contributed by atoms with E-state index in [2.05, 4.69) is 0 Å². The van der Waals surface area contributed by atoms with E-state index in [1.807, 2.05) is 13.8 Å². The second-order valence-electron chi connectivity index (χ2n) is 3.53. The van der Waals surface area contributed by atoms with E-state index >= 15 is 0 Å². The van der Waals surface area contributed by atoms with Crippen molar-refractivity contribution in [2.24, 2.45) is 0 Å². The van der Waals surface area contributed by atoms with Crippen LogP contribution >= 0.6 is 0 Å². The van der Waals surface area contributed by atoms with E-state index in [-0.39, 0.29) is 6.61 Å². The molecule has 96 valence electrons. The van der Waals surface area contributed by atoms with Crippen LogP contribution in [0, 0.1) is 0 Å². The monoisotopic (exact) mass is 252 g/mol. The van der Waals surface area contributed by atoms with E-state index in [0.29, 0.717) is 39.2 Å². The molecular formula is C9H20N2O4S. The van der Waals surface area contributed by atoms with Gasteiger partial charge in [0, 0.05) is 26.2 Å². The van der Waals surface area contributed by atoms with Crippen molar-refractivity contribution in [2.75, 3.05) is 39.4 Å². The predicted octanol–water partition coefficient (Wildman–Crippen LogP) is 0.227. The molecule has 1 fully saturated rings.